The van der Waals surface area contributed by atoms with Crippen LogP contribution < -0.4 is 0 Å². The Morgan fingerprint density at radius 2 is 1.62 bits per heavy atom. The number of benzene rings is 1. The minimum absolute atomic E-state index is 0.238. The lowest BCUT2D eigenvalue weighted by molar-refractivity contribution is -0.137. The Labute approximate surface area is 271 Å². The third kappa shape index (κ3) is 9.22. The number of alkyl halides is 3. The molecule has 5 rings (SSSR count). The Morgan fingerprint density at radius 1 is 1.07 bits per heavy atom. The lowest BCUT2D eigenvalue weighted by atomic mass is 9.70. The van der Waals surface area contributed by atoms with Crippen molar-refractivity contribution in [2.24, 2.45) is 10.8 Å². The summed E-state index contributed by atoms with van der Waals surface area (Å²) in [5, 5.41) is 11.3. The molecule has 2 aromatic rings. The number of ether oxygens (including phenoxy) is 2. The first-order valence-corrected chi connectivity index (χ1v) is 17.9. The Kier molecular flexibility index (Phi) is 11.9. The maximum absolute atomic E-state index is 13.2. The van der Waals surface area contributed by atoms with Gasteiger partial charge in [0, 0.05) is 42.9 Å². The molecule has 254 valence electrons. The number of hydrogen-bond acceptors (Lipinski definition) is 8. The first-order chi connectivity index (χ1) is 20.8. The molecule has 1 N–H and O–H groups in total. The van der Waals surface area contributed by atoms with Gasteiger partial charge >= 0.3 is 6.18 Å². The molecule has 1 spiro atoms. The van der Waals surface area contributed by atoms with Crippen molar-refractivity contribution in [1.82, 2.24) is 4.98 Å². The van der Waals surface area contributed by atoms with Crippen LogP contribution >= 0.6 is 12.6 Å². The number of nitrogens with zero attached hydrogens (tertiary/aromatic N) is 1. The van der Waals surface area contributed by atoms with Gasteiger partial charge in [0.1, 0.15) is 12.7 Å². The summed E-state index contributed by atoms with van der Waals surface area (Å²) in [6.45, 7) is 13.5. The van der Waals surface area contributed by atoms with Crippen LogP contribution in [0.1, 0.15) is 119 Å². The molecule has 1 aliphatic carbocycles. The molecule has 0 saturated carbocycles. The SMILES string of the molecule is CC1(C)Cc2nc(COS(C)(=O)=O)c3c(c2C(O)C1)C1(CCOCC1)OC3c1ccc(C(F)(F)F)cc1.CCC(C)(C)C.CS. The molecule has 12 heteroatoms. The third-order valence-corrected chi connectivity index (χ3v) is 9.07. The third-order valence-electron chi connectivity index (χ3n) is 8.53. The molecule has 45 heavy (non-hydrogen) atoms. The van der Waals surface area contributed by atoms with Crippen molar-refractivity contribution in [2.75, 3.05) is 25.7 Å². The number of aliphatic hydroxyl groups is 1. The number of thiol groups is 1. The zero-order chi connectivity index (χ0) is 34.0. The molecule has 0 amide bonds. The minimum Gasteiger partial charge on any atom is -0.388 e. The van der Waals surface area contributed by atoms with Crippen LogP contribution in [0.4, 0.5) is 13.2 Å². The highest BCUT2D eigenvalue weighted by atomic mass is 32.2. The van der Waals surface area contributed by atoms with Gasteiger partial charge in [0.2, 0.25) is 0 Å². The molecule has 7 nitrogen and oxygen atoms in total. The first-order valence-electron chi connectivity index (χ1n) is 15.2. The van der Waals surface area contributed by atoms with Crippen molar-refractivity contribution in [2.45, 2.75) is 104 Å². The molecule has 3 aliphatic rings. The number of aliphatic hydroxyl groups excluding tert-OH is 1. The molecule has 0 bridgehead atoms. The smallest absolute Gasteiger partial charge is 0.388 e. The molecule has 2 atom stereocenters. The van der Waals surface area contributed by atoms with E-state index in [-0.39, 0.29) is 12.0 Å². The van der Waals surface area contributed by atoms with E-state index in [1.807, 2.05) is 13.8 Å². The van der Waals surface area contributed by atoms with Crippen molar-refractivity contribution in [3.63, 3.8) is 0 Å². The molecule has 2 aliphatic heterocycles. The summed E-state index contributed by atoms with van der Waals surface area (Å²) in [6, 6.07) is 4.75. The Hall–Kier alpha value is -1.70. The molecular formula is C33H48F3NO6S2. The summed E-state index contributed by atoms with van der Waals surface area (Å²) in [6.07, 6.45) is -0.170. The van der Waals surface area contributed by atoms with Crippen LogP contribution in [0, 0.1) is 10.8 Å². The average Bonchev–Trinajstić information content (AvgIpc) is 3.25. The molecule has 1 aromatic carbocycles. The summed E-state index contributed by atoms with van der Waals surface area (Å²) in [5.41, 5.74) is 2.14. The van der Waals surface area contributed by atoms with Gasteiger partial charge in [0.25, 0.3) is 10.1 Å². The first kappa shape index (κ1) is 37.8. The van der Waals surface area contributed by atoms with Gasteiger partial charge in [0.05, 0.1) is 29.2 Å². The topological polar surface area (TPSA) is 95.0 Å². The Bertz CT molecular complexity index is 1410. The zero-order valence-corrected chi connectivity index (χ0v) is 29.3. The molecule has 3 heterocycles. The van der Waals surface area contributed by atoms with Gasteiger partial charge in [-0.15, -0.1) is 0 Å². The lowest BCUT2D eigenvalue weighted by Gasteiger charge is -2.40. The standard InChI is InChI=1S/C26H30F3NO6S.C6H14.CH4S/c1-24(2)12-17-20(19(31)13-24)22-21(18(30-17)14-35-37(3,32)33)23(36-25(22)8-10-34-11-9-25)15-4-6-16(7-5-15)26(27,28)29;1-5-6(2,3)4;1-2/h4-7,19,23,31H,8-14H2,1-3H3;5H2,1-4H3;2H,1H3. The molecule has 0 radical (unpaired) electrons. The van der Waals surface area contributed by atoms with Gasteiger partial charge in [-0.3, -0.25) is 9.17 Å². The van der Waals surface area contributed by atoms with Crippen molar-refractivity contribution in [3.05, 3.63) is 63.5 Å². The second-order valence-corrected chi connectivity index (χ2v) is 15.5. The second kappa shape index (κ2) is 14.2. The highest BCUT2D eigenvalue weighted by molar-refractivity contribution is 7.85. The maximum Gasteiger partial charge on any atom is 0.416 e. The summed E-state index contributed by atoms with van der Waals surface area (Å²) in [4.78, 5) is 4.80. The predicted molar refractivity (Wildman–Crippen MR) is 172 cm³/mol. The van der Waals surface area contributed by atoms with Gasteiger partial charge in [-0.1, -0.05) is 60.1 Å². The molecule has 1 saturated heterocycles. The number of fused-ring (bicyclic) bond motifs is 4. The molecule has 1 fully saturated rings. The van der Waals surface area contributed by atoms with Crippen molar-refractivity contribution < 1.29 is 40.4 Å². The fraction of sp³-hybridized carbons (Fsp3) is 0.667. The lowest BCUT2D eigenvalue weighted by Crippen LogP contribution is -2.37. The van der Waals surface area contributed by atoms with E-state index in [4.69, 9.17) is 18.6 Å². The van der Waals surface area contributed by atoms with Crippen LogP contribution in [0.25, 0.3) is 0 Å². The fourth-order valence-electron chi connectivity index (χ4n) is 5.90. The van der Waals surface area contributed by atoms with Gasteiger partial charge in [-0.2, -0.15) is 34.2 Å². The predicted octanol–water partition coefficient (Wildman–Crippen LogP) is 7.70. The quantitative estimate of drug-likeness (QED) is 0.253. The van der Waals surface area contributed by atoms with Crippen LogP contribution in [0.3, 0.4) is 0 Å². The van der Waals surface area contributed by atoms with Crippen LogP contribution in [-0.4, -0.2) is 44.2 Å². The summed E-state index contributed by atoms with van der Waals surface area (Å²) < 4.78 is 80.9. The van der Waals surface area contributed by atoms with E-state index < -0.39 is 39.7 Å². The zero-order valence-electron chi connectivity index (χ0n) is 27.5. The number of aromatic nitrogens is 1. The Balaban J connectivity index is 0.000000620. The molecule has 2 unspecified atom stereocenters. The van der Waals surface area contributed by atoms with Crippen molar-refractivity contribution >= 4 is 22.7 Å². The van der Waals surface area contributed by atoms with E-state index >= 15 is 0 Å². The largest absolute Gasteiger partial charge is 0.416 e. The number of rotatable bonds is 4. The number of pyridine rings is 1. The second-order valence-electron chi connectivity index (χ2n) is 13.9. The van der Waals surface area contributed by atoms with Gasteiger partial charge in [-0.05, 0) is 53.2 Å². The van der Waals surface area contributed by atoms with E-state index in [0.29, 0.717) is 72.4 Å². The van der Waals surface area contributed by atoms with Gasteiger partial charge < -0.3 is 14.6 Å². The number of hydrogen-bond donors (Lipinski definition) is 2. The van der Waals surface area contributed by atoms with Crippen LogP contribution in [0.2, 0.25) is 0 Å². The normalized spacial score (nSPS) is 22.0. The summed E-state index contributed by atoms with van der Waals surface area (Å²) in [7, 11) is -3.81. The maximum atomic E-state index is 13.2. The molecular weight excluding hydrogens is 627 g/mol. The van der Waals surface area contributed by atoms with Crippen LogP contribution in [-0.2, 0) is 48.6 Å². The van der Waals surface area contributed by atoms with E-state index in [9.17, 15) is 26.7 Å². The monoisotopic (exact) mass is 675 g/mol. The summed E-state index contributed by atoms with van der Waals surface area (Å²) in [5.74, 6) is 0. The van der Waals surface area contributed by atoms with Crippen molar-refractivity contribution in [3.8, 4) is 0 Å². The molecule has 1 aromatic heterocycles. The fourth-order valence-corrected chi connectivity index (χ4v) is 6.23. The van der Waals surface area contributed by atoms with E-state index in [1.165, 1.54) is 18.6 Å². The highest BCUT2D eigenvalue weighted by Crippen LogP contribution is 2.57. The van der Waals surface area contributed by atoms with Gasteiger partial charge in [0.15, 0.2) is 0 Å². The van der Waals surface area contributed by atoms with Crippen LogP contribution in [0.5, 0.6) is 0 Å². The average molecular weight is 676 g/mol. The van der Waals surface area contributed by atoms with Gasteiger partial charge in [-0.25, -0.2) is 0 Å². The minimum atomic E-state index is -4.49. The Morgan fingerprint density at radius 3 is 2.11 bits per heavy atom. The number of halogens is 3. The van der Waals surface area contributed by atoms with Crippen molar-refractivity contribution in [1.29, 1.82) is 0 Å². The van der Waals surface area contributed by atoms with E-state index in [0.717, 1.165) is 24.0 Å². The van der Waals surface area contributed by atoms with Crippen LogP contribution in [0.15, 0.2) is 24.3 Å². The van der Waals surface area contributed by atoms with E-state index in [2.05, 4.69) is 40.3 Å². The van der Waals surface area contributed by atoms with E-state index in [1.54, 1.807) is 6.26 Å². The highest BCUT2D eigenvalue weighted by Gasteiger charge is 2.52. The summed E-state index contributed by atoms with van der Waals surface area (Å²) >= 11 is 3.53.